The molecule has 0 saturated carbocycles. The Bertz CT molecular complexity index is 590. The summed E-state index contributed by atoms with van der Waals surface area (Å²) < 4.78 is 0. The minimum Gasteiger partial charge on any atom is -0.397 e. The van der Waals surface area contributed by atoms with Crippen molar-refractivity contribution in [2.75, 3.05) is 5.73 Å². The summed E-state index contributed by atoms with van der Waals surface area (Å²) in [4.78, 5) is 11.7. The van der Waals surface area contributed by atoms with E-state index in [0.29, 0.717) is 10.6 Å². The van der Waals surface area contributed by atoms with Gasteiger partial charge >= 0.3 is 0 Å². The normalized spacial score (nSPS) is 10.3. The molecular formula is C12H9ClN2O2S. The molecule has 2 N–H and O–H groups in total. The van der Waals surface area contributed by atoms with Crippen molar-refractivity contribution >= 4 is 34.7 Å². The summed E-state index contributed by atoms with van der Waals surface area (Å²) in [7, 11) is 0. The SMILES string of the molecule is Nc1ccc([N+](=O)[O-])c(Sc2ccccc2)c1Cl. The highest BCUT2D eigenvalue weighted by atomic mass is 35.5. The number of halogens is 1. The van der Waals surface area contributed by atoms with E-state index in [9.17, 15) is 10.1 Å². The minimum atomic E-state index is -0.462. The summed E-state index contributed by atoms with van der Waals surface area (Å²) >= 11 is 7.27. The van der Waals surface area contributed by atoms with Gasteiger partial charge < -0.3 is 5.73 Å². The number of nitrogens with two attached hydrogens (primary N) is 1. The molecule has 0 aliphatic heterocycles. The highest BCUT2D eigenvalue weighted by Crippen LogP contribution is 2.42. The molecule has 0 fully saturated rings. The lowest BCUT2D eigenvalue weighted by atomic mass is 10.3. The van der Waals surface area contributed by atoms with Crippen LogP contribution in [0.4, 0.5) is 11.4 Å². The molecule has 0 spiro atoms. The Kier molecular flexibility index (Phi) is 3.74. The second-order valence-electron chi connectivity index (χ2n) is 3.49. The van der Waals surface area contributed by atoms with Gasteiger partial charge in [-0.15, -0.1) is 0 Å². The zero-order valence-corrected chi connectivity index (χ0v) is 10.7. The van der Waals surface area contributed by atoms with Crippen LogP contribution in [0.2, 0.25) is 5.02 Å². The molecule has 0 aliphatic carbocycles. The first-order chi connectivity index (χ1) is 8.59. The number of anilines is 1. The monoisotopic (exact) mass is 280 g/mol. The zero-order chi connectivity index (χ0) is 13.1. The van der Waals surface area contributed by atoms with Crippen LogP contribution in [0.5, 0.6) is 0 Å². The van der Waals surface area contributed by atoms with E-state index in [2.05, 4.69) is 0 Å². The number of hydrogen-bond donors (Lipinski definition) is 1. The smallest absolute Gasteiger partial charge is 0.284 e. The molecule has 6 heteroatoms. The average molecular weight is 281 g/mol. The Morgan fingerprint density at radius 1 is 1.17 bits per heavy atom. The summed E-state index contributed by atoms with van der Waals surface area (Å²) in [5, 5.41) is 11.2. The molecule has 0 aromatic heterocycles. The van der Waals surface area contributed by atoms with Gasteiger partial charge in [-0.3, -0.25) is 10.1 Å². The van der Waals surface area contributed by atoms with E-state index >= 15 is 0 Å². The summed E-state index contributed by atoms with van der Waals surface area (Å²) in [6.45, 7) is 0. The highest BCUT2D eigenvalue weighted by Gasteiger charge is 2.19. The molecular weight excluding hydrogens is 272 g/mol. The maximum Gasteiger partial charge on any atom is 0.284 e. The molecule has 0 heterocycles. The fraction of sp³-hybridized carbons (Fsp3) is 0. The van der Waals surface area contributed by atoms with Gasteiger partial charge in [-0.05, 0) is 18.2 Å². The van der Waals surface area contributed by atoms with Gasteiger partial charge in [0, 0.05) is 11.0 Å². The fourth-order valence-corrected chi connectivity index (χ4v) is 2.67. The number of nitro benzene ring substituents is 1. The predicted octanol–water partition coefficient (Wildman–Crippen LogP) is 3.98. The summed E-state index contributed by atoms with van der Waals surface area (Å²) in [5.74, 6) is 0. The molecule has 2 aromatic carbocycles. The topological polar surface area (TPSA) is 69.2 Å². The fourth-order valence-electron chi connectivity index (χ4n) is 1.41. The Balaban J connectivity index is 2.48. The molecule has 0 radical (unpaired) electrons. The quantitative estimate of drug-likeness (QED) is 0.524. The lowest BCUT2D eigenvalue weighted by molar-refractivity contribution is -0.387. The van der Waals surface area contributed by atoms with Gasteiger partial charge in [0.25, 0.3) is 5.69 Å². The van der Waals surface area contributed by atoms with E-state index in [4.69, 9.17) is 17.3 Å². The van der Waals surface area contributed by atoms with Crippen molar-refractivity contribution in [1.29, 1.82) is 0 Å². The molecule has 0 amide bonds. The number of rotatable bonds is 3. The molecule has 0 unspecified atom stereocenters. The van der Waals surface area contributed by atoms with Crippen molar-refractivity contribution < 1.29 is 4.92 Å². The Morgan fingerprint density at radius 2 is 1.83 bits per heavy atom. The van der Waals surface area contributed by atoms with E-state index in [0.717, 1.165) is 4.90 Å². The first kappa shape index (κ1) is 12.7. The maximum absolute atomic E-state index is 11.0. The van der Waals surface area contributed by atoms with Crippen LogP contribution in [-0.4, -0.2) is 4.92 Å². The summed E-state index contributed by atoms with van der Waals surface area (Å²) in [5.41, 5.74) is 5.97. The molecule has 0 atom stereocenters. The van der Waals surface area contributed by atoms with E-state index in [-0.39, 0.29) is 10.7 Å². The van der Waals surface area contributed by atoms with E-state index in [1.807, 2.05) is 30.3 Å². The molecule has 0 bridgehead atoms. The third-order valence-corrected chi connectivity index (χ3v) is 3.91. The molecule has 0 saturated heterocycles. The van der Waals surface area contributed by atoms with Crippen LogP contribution < -0.4 is 5.73 Å². The zero-order valence-electron chi connectivity index (χ0n) is 9.17. The van der Waals surface area contributed by atoms with E-state index < -0.39 is 4.92 Å². The van der Waals surface area contributed by atoms with Gasteiger partial charge in [-0.25, -0.2) is 0 Å². The van der Waals surface area contributed by atoms with Crippen molar-refractivity contribution in [2.24, 2.45) is 0 Å². The molecule has 2 rings (SSSR count). The van der Waals surface area contributed by atoms with Crippen LogP contribution in [0.3, 0.4) is 0 Å². The van der Waals surface area contributed by atoms with Crippen LogP contribution in [0.1, 0.15) is 0 Å². The maximum atomic E-state index is 11.0. The number of nitrogens with zero attached hydrogens (tertiary/aromatic N) is 1. The van der Waals surface area contributed by atoms with Crippen molar-refractivity contribution in [3.05, 3.63) is 57.6 Å². The van der Waals surface area contributed by atoms with Crippen LogP contribution >= 0.6 is 23.4 Å². The van der Waals surface area contributed by atoms with Crippen LogP contribution in [0, 0.1) is 10.1 Å². The molecule has 4 nitrogen and oxygen atoms in total. The minimum absolute atomic E-state index is 0.0388. The summed E-state index contributed by atoms with van der Waals surface area (Å²) in [6.07, 6.45) is 0. The lowest BCUT2D eigenvalue weighted by Crippen LogP contribution is -1.95. The standard InChI is InChI=1S/C12H9ClN2O2S/c13-11-9(14)6-7-10(15(16)17)12(11)18-8-4-2-1-3-5-8/h1-7H,14H2. The highest BCUT2D eigenvalue weighted by molar-refractivity contribution is 7.99. The number of benzene rings is 2. The van der Waals surface area contributed by atoms with Crippen molar-refractivity contribution in [3.8, 4) is 0 Å². The van der Waals surface area contributed by atoms with Gasteiger partial charge in [-0.1, -0.05) is 41.6 Å². The second kappa shape index (κ2) is 5.29. The Morgan fingerprint density at radius 3 is 2.44 bits per heavy atom. The van der Waals surface area contributed by atoms with Crippen molar-refractivity contribution in [3.63, 3.8) is 0 Å². The lowest BCUT2D eigenvalue weighted by Gasteiger charge is -2.07. The number of hydrogen-bond acceptors (Lipinski definition) is 4. The molecule has 92 valence electrons. The first-order valence-corrected chi connectivity index (χ1v) is 6.24. The van der Waals surface area contributed by atoms with Gasteiger partial charge in [0.1, 0.15) is 4.90 Å². The predicted molar refractivity (Wildman–Crippen MR) is 73.1 cm³/mol. The molecule has 18 heavy (non-hydrogen) atoms. The average Bonchev–Trinajstić information content (AvgIpc) is 2.36. The third-order valence-electron chi connectivity index (χ3n) is 2.27. The first-order valence-electron chi connectivity index (χ1n) is 5.05. The summed E-state index contributed by atoms with van der Waals surface area (Å²) in [6, 6.07) is 12.1. The van der Waals surface area contributed by atoms with Gasteiger partial charge in [0.15, 0.2) is 0 Å². The van der Waals surface area contributed by atoms with Gasteiger partial charge in [0.2, 0.25) is 0 Å². The number of nitro groups is 1. The van der Waals surface area contributed by atoms with Crippen LogP contribution in [-0.2, 0) is 0 Å². The van der Waals surface area contributed by atoms with Crippen LogP contribution in [0.15, 0.2) is 52.3 Å². The Labute approximate surface area is 113 Å². The number of nitrogen functional groups attached to an aromatic ring is 1. The van der Waals surface area contributed by atoms with Gasteiger partial charge in [-0.2, -0.15) is 0 Å². The van der Waals surface area contributed by atoms with Crippen LogP contribution in [0.25, 0.3) is 0 Å². The van der Waals surface area contributed by atoms with E-state index in [1.54, 1.807) is 0 Å². The van der Waals surface area contributed by atoms with Crippen molar-refractivity contribution in [2.45, 2.75) is 9.79 Å². The van der Waals surface area contributed by atoms with Gasteiger partial charge in [0.05, 0.1) is 15.6 Å². The molecule has 0 aliphatic rings. The largest absolute Gasteiger partial charge is 0.397 e. The second-order valence-corrected chi connectivity index (χ2v) is 4.95. The van der Waals surface area contributed by atoms with Crippen molar-refractivity contribution in [1.82, 2.24) is 0 Å². The third kappa shape index (κ3) is 2.57. The van der Waals surface area contributed by atoms with E-state index in [1.165, 1.54) is 23.9 Å². The molecule has 2 aromatic rings. The Hall–Kier alpha value is -1.72.